The van der Waals surface area contributed by atoms with Gasteiger partial charge < -0.3 is 14.5 Å². The van der Waals surface area contributed by atoms with Crippen LogP contribution in [-0.2, 0) is 15.1 Å². The molecule has 0 spiro atoms. The molecule has 1 aliphatic carbocycles. The van der Waals surface area contributed by atoms with E-state index in [9.17, 15) is 4.79 Å². The molecule has 2 aliphatic heterocycles. The molecule has 2 bridgehead atoms. The standard InChI is InChI=1S/C23H24BrN5O2/c24-20-10-17(6-9-26-20)23(7-1-8-23)31-15-22(30)28-13-18-3-4-19(14-28)29(18)21-5-2-16(11-25)12-27-21/h2,5-6,9-10,12,18-19H,1,3-4,7-8,13-15H2. The number of likely N-dealkylation sites (tertiary alicyclic amines) is 1. The highest BCUT2D eigenvalue weighted by Crippen LogP contribution is 2.45. The number of carbonyl (C=O) groups is 1. The number of aromatic nitrogens is 2. The highest BCUT2D eigenvalue weighted by atomic mass is 79.9. The van der Waals surface area contributed by atoms with Gasteiger partial charge >= 0.3 is 0 Å². The lowest BCUT2D eigenvalue weighted by Gasteiger charge is -2.44. The van der Waals surface area contributed by atoms with Crippen LogP contribution in [0.25, 0.3) is 0 Å². The van der Waals surface area contributed by atoms with Gasteiger partial charge in [-0.25, -0.2) is 9.97 Å². The molecule has 0 N–H and O–H groups in total. The van der Waals surface area contributed by atoms with E-state index in [1.165, 1.54) is 0 Å². The van der Waals surface area contributed by atoms with Crippen molar-refractivity contribution in [2.45, 2.75) is 49.8 Å². The van der Waals surface area contributed by atoms with E-state index in [1.54, 1.807) is 12.4 Å². The summed E-state index contributed by atoms with van der Waals surface area (Å²) in [4.78, 5) is 26.0. The normalized spacial score (nSPS) is 23.9. The first kappa shape index (κ1) is 20.4. The Hall–Kier alpha value is -2.50. The van der Waals surface area contributed by atoms with Crippen molar-refractivity contribution in [3.8, 4) is 6.07 Å². The number of pyridine rings is 2. The molecule has 8 heteroatoms. The zero-order valence-electron chi connectivity index (χ0n) is 17.2. The van der Waals surface area contributed by atoms with Gasteiger partial charge in [-0.15, -0.1) is 0 Å². The van der Waals surface area contributed by atoms with Gasteiger partial charge in [0.1, 0.15) is 23.1 Å². The molecule has 4 heterocycles. The van der Waals surface area contributed by atoms with E-state index >= 15 is 0 Å². The van der Waals surface area contributed by atoms with Crippen molar-refractivity contribution in [2.75, 3.05) is 24.6 Å². The quantitative estimate of drug-likeness (QED) is 0.608. The Morgan fingerprint density at radius 1 is 1.23 bits per heavy atom. The summed E-state index contributed by atoms with van der Waals surface area (Å²) >= 11 is 3.44. The van der Waals surface area contributed by atoms with E-state index in [0.29, 0.717) is 18.7 Å². The number of anilines is 1. The summed E-state index contributed by atoms with van der Waals surface area (Å²) in [7, 11) is 0. The molecule has 2 aromatic heterocycles. The summed E-state index contributed by atoms with van der Waals surface area (Å²) in [5.74, 6) is 0.954. The van der Waals surface area contributed by atoms with Gasteiger partial charge in [0.25, 0.3) is 0 Å². The van der Waals surface area contributed by atoms with Crippen molar-refractivity contribution in [3.05, 3.63) is 52.4 Å². The third kappa shape index (κ3) is 3.81. The average molecular weight is 482 g/mol. The molecule has 160 valence electrons. The number of ether oxygens (including phenoxy) is 1. The van der Waals surface area contributed by atoms with Gasteiger partial charge in [-0.3, -0.25) is 4.79 Å². The molecule has 2 saturated heterocycles. The number of nitrogens with zero attached hydrogens (tertiary/aromatic N) is 5. The number of halogens is 1. The molecule has 31 heavy (non-hydrogen) atoms. The van der Waals surface area contributed by atoms with E-state index in [-0.39, 0.29) is 30.2 Å². The highest BCUT2D eigenvalue weighted by Gasteiger charge is 2.44. The lowest BCUT2D eigenvalue weighted by Crippen LogP contribution is -2.56. The number of carbonyl (C=O) groups excluding carboxylic acids is 1. The third-order valence-electron chi connectivity index (χ3n) is 6.86. The molecule has 5 rings (SSSR count). The van der Waals surface area contributed by atoms with Crippen molar-refractivity contribution in [2.24, 2.45) is 0 Å². The average Bonchev–Trinajstić information content (AvgIpc) is 3.02. The highest BCUT2D eigenvalue weighted by molar-refractivity contribution is 9.10. The second-order valence-electron chi connectivity index (χ2n) is 8.61. The van der Waals surface area contributed by atoms with Crippen molar-refractivity contribution >= 4 is 27.7 Å². The second-order valence-corrected chi connectivity index (χ2v) is 9.42. The predicted octanol–water partition coefficient (Wildman–Crippen LogP) is 3.39. The first-order valence-electron chi connectivity index (χ1n) is 10.8. The largest absolute Gasteiger partial charge is 0.360 e. The molecule has 3 aliphatic rings. The van der Waals surface area contributed by atoms with Gasteiger partial charge in [0.05, 0.1) is 11.2 Å². The molecule has 1 saturated carbocycles. The van der Waals surface area contributed by atoms with E-state index in [1.807, 2.05) is 29.2 Å². The number of hydrogen-bond acceptors (Lipinski definition) is 6. The number of nitriles is 1. The molecular formula is C23H24BrN5O2. The van der Waals surface area contributed by atoms with Gasteiger partial charge in [0.2, 0.25) is 5.91 Å². The Morgan fingerprint density at radius 3 is 2.58 bits per heavy atom. The monoisotopic (exact) mass is 481 g/mol. The van der Waals surface area contributed by atoms with Crippen LogP contribution < -0.4 is 4.90 Å². The summed E-state index contributed by atoms with van der Waals surface area (Å²) in [5.41, 5.74) is 1.28. The second kappa shape index (κ2) is 8.21. The Bertz CT molecular complexity index is 1000. The smallest absolute Gasteiger partial charge is 0.248 e. The number of piperazine rings is 1. The molecule has 2 aromatic rings. The SMILES string of the molecule is N#Cc1ccc(N2C3CCC2CN(C(=O)COC2(c4ccnc(Br)c4)CCC2)C3)nc1. The fourth-order valence-corrected chi connectivity index (χ4v) is 5.44. The van der Waals surface area contributed by atoms with Crippen LogP contribution in [0.1, 0.15) is 43.2 Å². The summed E-state index contributed by atoms with van der Waals surface area (Å²) in [6.45, 7) is 1.48. The summed E-state index contributed by atoms with van der Waals surface area (Å²) in [6, 6.07) is 10.3. The zero-order valence-corrected chi connectivity index (χ0v) is 18.8. The topological polar surface area (TPSA) is 82.4 Å². The van der Waals surface area contributed by atoms with Crippen LogP contribution in [0.15, 0.2) is 41.3 Å². The zero-order chi connectivity index (χ0) is 21.4. The van der Waals surface area contributed by atoms with Gasteiger partial charge in [-0.05, 0) is 77.9 Å². The molecule has 0 aromatic carbocycles. The minimum Gasteiger partial charge on any atom is -0.360 e. The summed E-state index contributed by atoms with van der Waals surface area (Å²) in [6.07, 6.45) is 8.46. The number of fused-ring (bicyclic) bond motifs is 2. The van der Waals surface area contributed by atoms with Crippen molar-refractivity contribution in [1.29, 1.82) is 5.26 Å². The van der Waals surface area contributed by atoms with Gasteiger partial charge in [-0.2, -0.15) is 5.26 Å². The maximum absolute atomic E-state index is 13.0. The van der Waals surface area contributed by atoms with Crippen LogP contribution in [0.4, 0.5) is 5.82 Å². The summed E-state index contributed by atoms with van der Waals surface area (Å²) in [5, 5.41) is 9.00. The van der Waals surface area contributed by atoms with E-state index in [0.717, 1.165) is 48.1 Å². The van der Waals surface area contributed by atoms with Crippen LogP contribution in [0, 0.1) is 11.3 Å². The fraction of sp³-hybridized carbons (Fsp3) is 0.478. The Kier molecular flexibility index (Phi) is 5.40. The first-order chi connectivity index (χ1) is 15.1. The lowest BCUT2D eigenvalue weighted by molar-refractivity contribution is -0.154. The van der Waals surface area contributed by atoms with Crippen molar-refractivity contribution in [3.63, 3.8) is 0 Å². The molecule has 7 nitrogen and oxygen atoms in total. The van der Waals surface area contributed by atoms with Crippen LogP contribution in [0.5, 0.6) is 0 Å². The van der Waals surface area contributed by atoms with E-state index < -0.39 is 0 Å². The number of amides is 1. The van der Waals surface area contributed by atoms with Gasteiger partial charge in [-0.1, -0.05) is 0 Å². The Labute approximate surface area is 190 Å². The predicted molar refractivity (Wildman–Crippen MR) is 118 cm³/mol. The summed E-state index contributed by atoms with van der Waals surface area (Å²) < 4.78 is 7.04. The molecular weight excluding hydrogens is 458 g/mol. The van der Waals surface area contributed by atoms with Crippen LogP contribution in [0.2, 0.25) is 0 Å². The Balaban J connectivity index is 1.23. The van der Waals surface area contributed by atoms with E-state index in [4.69, 9.17) is 10.00 Å². The van der Waals surface area contributed by atoms with Crippen LogP contribution in [-0.4, -0.2) is 52.6 Å². The third-order valence-corrected chi connectivity index (χ3v) is 7.30. The maximum Gasteiger partial charge on any atom is 0.248 e. The molecule has 3 fully saturated rings. The van der Waals surface area contributed by atoms with Crippen molar-refractivity contribution < 1.29 is 9.53 Å². The van der Waals surface area contributed by atoms with Gasteiger partial charge in [0.15, 0.2) is 0 Å². The minimum absolute atomic E-state index is 0.0590. The first-order valence-corrected chi connectivity index (χ1v) is 11.6. The van der Waals surface area contributed by atoms with Gasteiger partial charge in [0, 0.05) is 37.6 Å². The lowest BCUT2D eigenvalue weighted by atomic mass is 9.75. The molecule has 2 unspecified atom stereocenters. The van der Waals surface area contributed by atoms with E-state index in [2.05, 4.69) is 36.9 Å². The van der Waals surface area contributed by atoms with Crippen LogP contribution >= 0.6 is 15.9 Å². The molecule has 0 radical (unpaired) electrons. The molecule has 2 atom stereocenters. The fourth-order valence-electron chi connectivity index (χ4n) is 5.08. The minimum atomic E-state index is -0.367. The molecule has 1 amide bonds. The number of rotatable bonds is 5. The van der Waals surface area contributed by atoms with Crippen LogP contribution in [0.3, 0.4) is 0 Å². The number of hydrogen-bond donors (Lipinski definition) is 0. The van der Waals surface area contributed by atoms with Crippen molar-refractivity contribution in [1.82, 2.24) is 14.9 Å². The Morgan fingerprint density at radius 2 is 2.00 bits per heavy atom. The maximum atomic E-state index is 13.0.